The lowest BCUT2D eigenvalue weighted by molar-refractivity contribution is 0.0930. The number of amides is 1. The van der Waals surface area contributed by atoms with Crippen molar-refractivity contribution in [2.45, 2.75) is 13.0 Å². The maximum Gasteiger partial charge on any atom is 0.261 e. The van der Waals surface area contributed by atoms with Gasteiger partial charge in [-0.1, -0.05) is 17.7 Å². The van der Waals surface area contributed by atoms with E-state index < -0.39 is 0 Å². The smallest absolute Gasteiger partial charge is 0.261 e. The van der Waals surface area contributed by atoms with Crippen LogP contribution in [-0.4, -0.2) is 18.6 Å². The molecule has 1 heterocycles. The maximum atomic E-state index is 13.0. The molecule has 0 unspecified atom stereocenters. The van der Waals surface area contributed by atoms with Gasteiger partial charge in [-0.15, -0.1) is 11.3 Å². The number of benzene rings is 1. The van der Waals surface area contributed by atoms with Gasteiger partial charge in [0.25, 0.3) is 5.91 Å². The van der Waals surface area contributed by atoms with E-state index in [0.717, 1.165) is 0 Å². The molecule has 6 heteroatoms. The van der Waals surface area contributed by atoms with Gasteiger partial charge in [0.05, 0.1) is 15.3 Å². The van der Waals surface area contributed by atoms with Gasteiger partial charge >= 0.3 is 0 Å². The fourth-order valence-electron chi connectivity index (χ4n) is 1.55. The Hall–Kier alpha value is -1.59. The lowest BCUT2D eigenvalue weighted by Crippen LogP contribution is -2.36. The molecule has 1 atom stereocenters. The Bertz CT molecular complexity index is 602. The van der Waals surface area contributed by atoms with Gasteiger partial charge in [-0.25, -0.2) is 4.39 Å². The van der Waals surface area contributed by atoms with Crippen LogP contribution >= 0.6 is 22.9 Å². The molecule has 0 aliphatic rings. The summed E-state index contributed by atoms with van der Waals surface area (Å²) >= 11 is 6.99. The molecule has 20 heavy (non-hydrogen) atoms. The minimum atomic E-state index is -0.354. The minimum absolute atomic E-state index is 0.197. The summed E-state index contributed by atoms with van der Waals surface area (Å²) in [7, 11) is 0. The van der Waals surface area contributed by atoms with E-state index in [4.69, 9.17) is 16.3 Å². The summed E-state index contributed by atoms with van der Waals surface area (Å²) in [5.41, 5.74) is 0. The van der Waals surface area contributed by atoms with Gasteiger partial charge < -0.3 is 10.1 Å². The summed E-state index contributed by atoms with van der Waals surface area (Å²) in [6, 6.07) is 9.02. The van der Waals surface area contributed by atoms with E-state index in [-0.39, 0.29) is 24.4 Å². The molecule has 0 fully saturated rings. The van der Waals surface area contributed by atoms with Gasteiger partial charge in [0, 0.05) is 6.07 Å². The van der Waals surface area contributed by atoms with Gasteiger partial charge in [-0.05, 0) is 31.2 Å². The standard InChI is InChI=1S/C14H13ClFNO2S/c1-9(8-19-11-4-2-3-10(16)7-11)17-14(18)12-5-6-13(15)20-12/h2-7,9H,8H2,1H3,(H,17,18)/t9-/m0/s1. The Balaban J connectivity index is 1.83. The molecule has 106 valence electrons. The maximum absolute atomic E-state index is 13.0. The Morgan fingerprint density at radius 1 is 1.45 bits per heavy atom. The Morgan fingerprint density at radius 3 is 2.90 bits per heavy atom. The predicted octanol–water partition coefficient (Wildman–Crippen LogP) is 3.74. The highest BCUT2D eigenvalue weighted by molar-refractivity contribution is 7.17. The van der Waals surface area contributed by atoms with E-state index in [1.165, 1.54) is 23.5 Å². The van der Waals surface area contributed by atoms with Gasteiger partial charge in [-0.3, -0.25) is 4.79 Å². The second-order valence-electron chi connectivity index (χ2n) is 4.25. The fraction of sp³-hybridized carbons (Fsp3) is 0.214. The summed E-state index contributed by atoms with van der Waals surface area (Å²) in [6.45, 7) is 2.07. The topological polar surface area (TPSA) is 38.3 Å². The van der Waals surface area contributed by atoms with Crippen LogP contribution in [0.4, 0.5) is 4.39 Å². The molecule has 0 spiro atoms. The highest BCUT2D eigenvalue weighted by Gasteiger charge is 2.12. The summed E-state index contributed by atoms with van der Waals surface area (Å²) in [5, 5.41) is 2.79. The van der Waals surface area contributed by atoms with Gasteiger partial charge in [0.2, 0.25) is 0 Å². The average molecular weight is 314 g/mol. The highest BCUT2D eigenvalue weighted by atomic mass is 35.5. The molecule has 1 amide bonds. The molecular weight excluding hydrogens is 301 g/mol. The third-order valence-electron chi connectivity index (χ3n) is 2.47. The van der Waals surface area contributed by atoms with Crippen LogP contribution in [0.25, 0.3) is 0 Å². The van der Waals surface area contributed by atoms with Crippen LogP contribution in [0.1, 0.15) is 16.6 Å². The zero-order valence-electron chi connectivity index (χ0n) is 10.7. The first-order valence-corrected chi connectivity index (χ1v) is 7.18. The Labute approximate surface area is 125 Å². The van der Waals surface area contributed by atoms with E-state index in [1.54, 1.807) is 24.3 Å². The number of carbonyl (C=O) groups excluding carboxylic acids is 1. The molecule has 0 bridgehead atoms. The van der Waals surface area contributed by atoms with E-state index in [0.29, 0.717) is 15.0 Å². The van der Waals surface area contributed by atoms with Crippen LogP contribution in [0.3, 0.4) is 0 Å². The number of thiophene rings is 1. The largest absolute Gasteiger partial charge is 0.491 e. The van der Waals surface area contributed by atoms with Crippen molar-refractivity contribution in [2.75, 3.05) is 6.61 Å². The number of nitrogens with one attached hydrogen (secondary N) is 1. The SMILES string of the molecule is C[C@@H](COc1cccc(F)c1)NC(=O)c1ccc(Cl)s1. The predicted molar refractivity (Wildman–Crippen MR) is 78.2 cm³/mol. The monoisotopic (exact) mass is 313 g/mol. The summed E-state index contributed by atoms with van der Waals surface area (Å²) in [5.74, 6) is -0.116. The van der Waals surface area contributed by atoms with Crippen LogP contribution in [0.2, 0.25) is 4.34 Å². The minimum Gasteiger partial charge on any atom is -0.491 e. The van der Waals surface area contributed by atoms with Crippen molar-refractivity contribution in [1.82, 2.24) is 5.32 Å². The summed E-state index contributed by atoms with van der Waals surface area (Å²) < 4.78 is 18.9. The second kappa shape index (κ2) is 6.72. The number of rotatable bonds is 5. The number of hydrogen-bond acceptors (Lipinski definition) is 3. The first-order chi connectivity index (χ1) is 9.54. The molecule has 0 aliphatic heterocycles. The molecule has 2 aromatic rings. The molecule has 0 radical (unpaired) electrons. The average Bonchev–Trinajstić information content (AvgIpc) is 2.83. The zero-order chi connectivity index (χ0) is 14.5. The second-order valence-corrected chi connectivity index (χ2v) is 5.96. The van der Waals surface area contributed by atoms with Crippen LogP contribution in [0.5, 0.6) is 5.75 Å². The molecule has 0 aliphatic carbocycles. The lowest BCUT2D eigenvalue weighted by Gasteiger charge is -2.14. The van der Waals surface area contributed by atoms with Crippen molar-refractivity contribution in [3.05, 3.63) is 51.4 Å². The Kier molecular flexibility index (Phi) is 4.98. The van der Waals surface area contributed by atoms with E-state index in [1.807, 2.05) is 6.92 Å². The van der Waals surface area contributed by atoms with E-state index >= 15 is 0 Å². The number of carbonyl (C=O) groups is 1. The first kappa shape index (κ1) is 14.8. The summed E-state index contributed by atoms with van der Waals surface area (Å²) in [4.78, 5) is 12.4. The molecule has 1 aromatic heterocycles. The zero-order valence-corrected chi connectivity index (χ0v) is 12.3. The van der Waals surface area contributed by atoms with Crippen molar-refractivity contribution < 1.29 is 13.9 Å². The van der Waals surface area contributed by atoms with E-state index in [9.17, 15) is 9.18 Å². The lowest BCUT2D eigenvalue weighted by atomic mass is 10.3. The molecular formula is C14H13ClFNO2S. The molecule has 2 rings (SSSR count). The van der Waals surface area contributed by atoms with E-state index in [2.05, 4.69) is 5.32 Å². The molecule has 3 nitrogen and oxygen atoms in total. The highest BCUT2D eigenvalue weighted by Crippen LogP contribution is 2.21. The van der Waals surface area contributed by atoms with Crippen LogP contribution in [0, 0.1) is 5.82 Å². The number of ether oxygens (including phenoxy) is 1. The van der Waals surface area contributed by atoms with Gasteiger partial charge in [0.1, 0.15) is 18.2 Å². The Morgan fingerprint density at radius 2 is 2.25 bits per heavy atom. The molecule has 1 N–H and O–H groups in total. The first-order valence-electron chi connectivity index (χ1n) is 5.99. The molecule has 0 saturated heterocycles. The molecule has 0 saturated carbocycles. The van der Waals surface area contributed by atoms with Crippen LogP contribution in [-0.2, 0) is 0 Å². The van der Waals surface area contributed by atoms with Gasteiger partial charge in [0.15, 0.2) is 0 Å². The van der Waals surface area contributed by atoms with Crippen molar-refractivity contribution in [2.24, 2.45) is 0 Å². The van der Waals surface area contributed by atoms with Crippen molar-refractivity contribution in [3.8, 4) is 5.75 Å². The van der Waals surface area contributed by atoms with Crippen molar-refractivity contribution >= 4 is 28.8 Å². The van der Waals surface area contributed by atoms with Crippen molar-refractivity contribution in [3.63, 3.8) is 0 Å². The van der Waals surface area contributed by atoms with Crippen molar-refractivity contribution in [1.29, 1.82) is 0 Å². The third kappa shape index (κ3) is 4.21. The van der Waals surface area contributed by atoms with Crippen LogP contribution in [0.15, 0.2) is 36.4 Å². The normalized spacial score (nSPS) is 11.9. The fourth-order valence-corrected chi connectivity index (χ4v) is 2.50. The quantitative estimate of drug-likeness (QED) is 0.913. The van der Waals surface area contributed by atoms with Crippen LogP contribution < -0.4 is 10.1 Å². The molecule has 1 aromatic carbocycles. The third-order valence-corrected chi connectivity index (χ3v) is 3.70. The number of hydrogen-bond donors (Lipinski definition) is 1. The van der Waals surface area contributed by atoms with Gasteiger partial charge in [-0.2, -0.15) is 0 Å². The number of halogens is 2. The summed E-state index contributed by atoms with van der Waals surface area (Å²) in [6.07, 6.45) is 0.